The van der Waals surface area contributed by atoms with Gasteiger partial charge in [-0.25, -0.2) is 0 Å². The Bertz CT molecular complexity index is 1010. The van der Waals surface area contributed by atoms with E-state index in [-0.39, 0.29) is 18.5 Å². The van der Waals surface area contributed by atoms with Gasteiger partial charge in [0.1, 0.15) is 0 Å². The van der Waals surface area contributed by atoms with E-state index in [1.54, 1.807) is 0 Å². The van der Waals surface area contributed by atoms with Crippen LogP contribution in [0.1, 0.15) is 316 Å². The maximum atomic E-state index is 12.4. The number of allylic oxidation sites excluding steroid dienone is 4. The molecule has 0 radical (unpaired) electrons. The molecule has 0 bridgehead atoms. The highest BCUT2D eigenvalue weighted by Gasteiger charge is 2.20. The largest absolute Gasteiger partial charge is 0.466 e. The molecule has 0 aromatic rings. The first-order valence-corrected chi connectivity index (χ1v) is 29.1. The molecule has 0 aliphatic rings. The number of esters is 1. The predicted molar refractivity (Wildman–Crippen MR) is 283 cm³/mol. The molecule has 3 N–H and O–H groups in total. The number of hydrogen-bond donors (Lipinski definition) is 3. The van der Waals surface area contributed by atoms with Gasteiger partial charge in [-0.05, 0) is 64.2 Å². The van der Waals surface area contributed by atoms with Gasteiger partial charge in [0.05, 0.1) is 25.4 Å². The van der Waals surface area contributed by atoms with E-state index in [9.17, 15) is 19.8 Å². The number of aliphatic hydroxyl groups excluding tert-OH is 2. The number of aliphatic hydroxyl groups is 2. The molecule has 0 aliphatic heterocycles. The van der Waals surface area contributed by atoms with Crippen molar-refractivity contribution in [1.29, 1.82) is 0 Å². The minimum atomic E-state index is -0.674. The lowest BCUT2D eigenvalue weighted by Gasteiger charge is -2.22. The second-order valence-corrected chi connectivity index (χ2v) is 20.0. The Morgan fingerprint density at radius 2 is 0.769 bits per heavy atom. The van der Waals surface area contributed by atoms with Crippen LogP contribution >= 0.6 is 0 Å². The van der Waals surface area contributed by atoms with Crippen molar-refractivity contribution >= 4 is 11.9 Å². The maximum Gasteiger partial charge on any atom is 0.305 e. The standard InChI is InChI=1S/C59H113NO5/c1-3-5-7-9-11-13-15-17-18-19-22-25-29-33-37-41-45-49-53-59(64)65-54-50-46-42-38-34-30-26-23-20-21-24-28-32-36-40-44-48-52-58(63)60-56(55-61)57(62)51-47-43-39-35-31-27-16-14-12-10-8-6-4-2/h20,23,30,34,56-57,61-62H,3-19,21-22,24-29,31-33,35-55H2,1-2H3,(H,60,63)/b23-20-,34-30-. The Hall–Kier alpha value is -1.66. The van der Waals surface area contributed by atoms with Crippen LogP contribution in [0.3, 0.4) is 0 Å². The van der Waals surface area contributed by atoms with Crippen molar-refractivity contribution in [3.05, 3.63) is 24.3 Å². The molecule has 2 atom stereocenters. The summed E-state index contributed by atoms with van der Waals surface area (Å²) in [6.07, 6.45) is 66.0. The third-order valence-electron chi connectivity index (χ3n) is 13.5. The molecule has 6 heteroatoms. The first-order valence-electron chi connectivity index (χ1n) is 29.1. The summed E-state index contributed by atoms with van der Waals surface area (Å²) in [6.45, 7) is 4.92. The Labute approximate surface area is 405 Å². The van der Waals surface area contributed by atoms with Crippen LogP contribution in [-0.4, -0.2) is 47.4 Å². The van der Waals surface area contributed by atoms with Crippen LogP contribution in [0.2, 0.25) is 0 Å². The van der Waals surface area contributed by atoms with E-state index in [2.05, 4.69) is 43.5 Å². The summed E-state index contributed by atoms with van der Waals surface area (Å²) in [7, 11) is 0. The summed E-state index contributed by atoms with van der Waals surface area (Å²) < 4.78 is 5.47. The lowest BCUT2D eigenvalue weighted by Crippen LogP contribution is -2.45. The molecule has 0 spiro atoms. The van der Waals surface area contributed by atoms with Gasteiger partial charge in [0.25, 0.3) is 0 Å². The van der Waals surface area contributed by atoms with E-state index in [1.165, 1.54) is 199 Å². The lowest BCUT2D eigenvalue weighted by atomic mass is 10.0. The fourth-order valence-electron chi connectivity index (χ4n) is 9.02. The average molecular weight is 917 g/mol. The smallest absolute Gasteiger partial charge is 0.305 e. The van der Waals surface area contributed by atoms with Crippen LogP contribution in [0.25, 0.3) is 0 Å². The van der Waals surface area contributed by atoms with Gasteiger partial charge in [-0.3, -0.25) is 9.59 Å². The third-order valence-corrected chi connectivity index (χ3v) is 13.5. The number of amides is 1. The maximum absolute atomic E-state index is 12.4. The van der Waals surface area contributed by atoms with Crippen molar-refractivity contribution in [2.75, 3.05) is 13.2 Å². The first-order chi connectivity index (χ1) is 32.0. The summed E-state index contributed by atoms with van der Waals surface area (Å²) in [5, 5.41) is 23.2. The van der Waals surface area contributed by atoms with Crippen molar-refractivity contribution in [3.63, 3.8) is 0 Å². The fourth-order valence-corrected chi connectivity index (χ4v) is 9.02. The van der Waals surface area contributed by atoms with Crippen LogP contribution in [0.15, 0.2) is 24.3 Å². The molecule has 6 nitrogen and oxygen atoms in total. The summed E-state index contributed by atoms with van der Waals surface area (Å²) >= 11 is 0. The summed E-state index contributed by atoms with van der Waals surface area (Å²) in [5.74, 6) is -0.0614. The minimum absolute atomic E-state index is 0.0109. The minimum Gasteiger partial charge on any atom is -0.466 e. The highest BCUT2D eigenvalue weighted by molar-refractivity contribution is 5.76. The Morgan fingerprint density at radius 3 is 1.17 bits per heavy atom. The van der Waals surface area contributed by atoms with Crippen LogP contribution in [0.5, 0.6) is 0 Å². The van der Waals surface area contributed by atoms with Crippen molar-refractivity contribution < 1.29 is 24.5 Å². The molecule has 1 amide bonds. The van der Waals surface area contributed by atoms with Gasteiger partial charge in [-0.15, -0.1) is 0 Å². The van der Waals surface area contributed by atoms with Gasteiger partial charge in [-0.1, -0.05) is 263 Å². The predicted octanol–water partition coefficient (Wildman–Crippen LogP) is 17.9. The van der Waals surface area contributed by atoms with Gasteiger partial charge in [-0.2, -0.15) is 0 Å². The van der Waals surface area contributed by atoms with Crippen molar-refractivity contribution in [1.82, 2.24) is 5.32 Å². The third kappa shape index (κ3) is 51.6. The van der Waals surface area contributed by atoms with Crippen LogP contribution in [0.4, 0.5) is 0 Å². The highest BCUT2D eigenvalue weighted by Crippen LogP contribution is 2.17. The molecule has 0 aromatic heterocycles. The van der Waals surface area contributed by atoms with Gasteiger partial charge in [0, 0.05) is 12.8 Å². The van der Waals surface area contributed by atoms with Crippen molar-refractivity contribution in [2.45, 2.75) is 328 Å². The molecule has 0 aromatic carbocycles. The normalized spacial score (nSPS) is 12.7. The van der Waals surface area contributed by atoms with Gasteiger partial charge >= 0.3 is 5.97 Å². The molecule has 0 saturated carbocycles. The Morgan fingerprint density at radius 1 is 0.431 bits per heavy atom. The monoisotopic (exact) mass is 916 g/mol. The van der Waals surface area contributed by atoms with E-state index >= 15 is 0 Å². The van der Waals surface area contributed by atoms with Crippen LogP contribution < -0.4 is 5.32 Å². The number of carbonyl (C=O) groups excluding carboxylic acids is 2. The van der Waals surface area contributed by atoms with Crippen molar-refractivity contribution in [2.24, 2.45) is 0 Å². The van der Waals surface area contributed by atoms with Gasteiger partial charge in [0.15, 0.2) is 0 Å². The molecule has 384 valence electrons. The van der Waals surface area contributed by atoms with E-state index in [0.29, 0.717) is 25.9 Å². The quantitative estimate of drug-likeness (QED) is 0.0321. The molecular formula is C59H113NO5. The molecule has 0 fully saturated rings. The van der Waals surface area contributed by atoms with E-state index in [1.807, 2.05) is 0 Å². The molecule has 0 aliphatic carbocycles. The first kappa shape index (κ1) is 63.3. The number of ether oxygens (including phenoxy) is 1. The zero-order chi connectivity index (χ0) is 47.2. The number of rotatable bonds is 54. The lowest BCUT2D eigenvalue weighted by molar-refractivity contribution is -0.143. The van der Waals surface area contributed by atoms with E-state index in [0.717, 1.165) is 83.5 Å². The summed E-state index contributed by atoms with van der Waals surface area (Å²) in [4.78, 5) is 24.5. The second kappa shape index (κ2) is 54.9. The molecule has 2 unspecified atom stereocenters. The van der Waals surface area contributed by atoms with E-state index in [4.69, 9.17) is 4.74 Å². The zero-order valence-corrected chi connectivity index (χ0v) is 43.7. The Kier molecular flexibility index (Phi) is 53.5. The Balaban J connectivity index is 3.46. The number of carbonyl (C=O) groups is 2. The summed E-state index contributed by atoms with van der Waals surface area (Å²) in [6, 6.07) is -0.552. The van der Waals surface area contributed by atoms with Gasteiger partial charge in [0.2, 0.25) is 5.91 Å². The summed E-state index contributed by atoms with van der Waals surface area (Å²) in [5.41, 5.74) is 0. The molecule has 65 heavy (non-hydrogen) atoms. The van der Waals surface area contributed by atoms with Crippen LogP contribution in [-0.2, 0) is 14.3 Å². The number of unbranched alkanes of at least 4 members (excludes halogenated alkanes) is 39. The zero-order valence-electron chi connectivity index (χ0n) is 43.7. The topological polar surface area (TPSA) is 95.9 Å². The molecule has 0 saturated heterocycles. The SMILES string of the molecule is CCCCCCCCCCCCCCCCCCCCC(=O)OCCCCC/C=C\C/C=C\CCCCCCCCCC(=O)NC(CO)C(O)CCCCCCCCCCCCCCC. The van der Waals surface area contributed by atoms with Crippen molar-refractivity contribution in [3.8, 4) is 0 Å². The fraction of sp³-hybridized carbons (Fsp3) is 0.898. The number of hydrogen-bond acceptors (Lipinski definition) is 5. The molecule has 0 heterocycles. The average Bonchev–Trinajstić information content (AvgIpc) is 3.31. The van der Waals surface area contributed by atoms with Crippen LogP contribution in [0, 0.1) is 0 Å². The van der Waals surface area contributed by atoms with E-state index < -0.39 is 12.1 Å². The highest BCUT2D eigenvalue weighted by atomic mass is 16.5. The number of nitrogens with one attached hydrogen (secondary N) is 1. The molecular weight excluding hydrogens is 803 g/mol. The second-order valence-electron chi connectivity index (χ2n) is 20.0. The van der Waals surface area contributed by atoms with Gasteiger partial charge < -0.3 is 20.3 Å². The molecule has 0 rings (SSSR count).